The summed E-state index contributed by atoms with van der Waals surface area (Å²) in [6.45, 7) is 3.85. The molecule has 0 aromatic heterocycles. The summed E-state index contributed by atoms with van der Waals surface area (Å²) in [6.07, 6.45) is 1.60. The highest BCUT2D eigenvalue weighted by Gasteiger charge is 2.57. The minimum absolute atomic E-state index is 0.0209. The fourth-order valence-corrected chi connectivity index (χ4v) is 3.04. The molecule has 2 aliphatic rings. The molecular formula is C13H19N3O4. The molecule has 7 nitrogen and oxygen atoms in total. The van der Waals surface area contributed by atoms with Gasteiger partial charge in [-0.2, -0.15) is 0 Å². The number of aliphatic carboxylic acids is 1. The van der Waals surface area contributed by atoms with Crippen LogP contribution in [0.5, 0.6) is 0 Å². The number of likely N-dealkylation sites (N-methyl/N-ethyl adjacent to an activating group) is 1. The quantitative estimate of drug-likeness (QED) is 0.570. The van der Waals surface area contributed by atoms with Gasteiger partial charge in [-0.3, -0.25) is 9.59 Å². The number of hydrogen-bond acceptors (Lipinski definition) is 4. The van der Waals surface area contributed by atoms with Crippen molar-refractivity contribution in [3.63, 3.8) is 0 Å². The van der Waals surface area contributed by atoms with E-state index in [0.29, 0.717) is 0 Å². The molecule has 0 aromatic carbocycles. The maximum absolute atomic E-state index is 12.1. The second kappa shape index (κ2) is 5.24. The van der Waals surface area contributed by atoms with Crippen LogP contribution in [0.25, 0.3) is 0 Å². The van der Waals surface area contributed by atoms with Gasteiger partial charge in [-0.1, -0.05) is 6.92 Å². The molecule has 20 heavy (non-hydrogen) atoms. The molecule has 2 heterocycles. The standard InChI is InChI=1S/C13H19N3O4/c1-6-4-8(13(19)20)16-11(6)10(12(16)18)7(2)15-9(17)5-14-3/h4,6-7,10-11,14H,5H2,1-3H3,(H,15,17)(H,19,20)/t6?,7-,10?,11?/m1/s1. The number of hydrogen-bond donors (Lipinski definition) is 3. The molecule has 7 heteroatoms. The maximum Gasteiger partial charge on any atom is 0.352 e. The van der Waals surface area contributed by atoms with E-state index in [2.05, 4.69) is 10.6 Å². The van der Waals surface area contributed by atoms with Crippen molar-refractivity contribution >= 4 is 17.8 Å². The Morgan fingerprint density at radius 2 is 2.15 bits per heavy atom. The molecule has 0 bridgehead atoms. The Hall–Kier alpha value is -1.89. The van der Waals surface area contributed by atoms with Crippen molar-refractivity contribution in [3.05, 3.63) is 11.8 Å². The largest absolute Gasteiger partial charge is 0.477 e. The Kier molecular flexibility index (Phi) is 3.80. The Morgan fingerprint density at radius 3 is 2.70 bits per heavy atom. The van der Waals surface area contributed by atoms with Crippen LogP contribution in [-0.4, -0.2) is 53.5 Å². The molecule has 0 aromatic rings. The van der Waals surface area contributed by atoms with Crippen LogP contribution >= 0.6 is 0 Å². The fourth-order valence-electron chi connectivity index (χ4n) is 3.04. The van der Waals surface area contributed by atoms with Crippen LogP contribution in [0, 0.1) is 11.8 Å². The van der Waals surface area contributed by atoms with E-state index >= 15 is 0 Å². The first kappa shape index (κ1) is 14.5. The Balaban J connectivity index is 2.05. The van der Waals surface area contributed by atoms with Crippen LogP contribution < -0.4 is 10.6 Å². The Bertz CT molecular complexity index is 488. The zero-order valence-corrected chi connectivity index (χ0v) is 11.7. The molecule has 2 aliphatic heterocycles. The van der Waals surface area contributed by atoms with Crippen molar-refractivity contribution in [1.82, 2.24) is 15.5 Å². The molecular weight excluding hydrogens is 262 g/mol. The third kappa shape index (κ3) is 2.18. The van der Waals surface area contributed by atoms with Gasteiger partial charge in [0.1, 0.15) is 5.70 Å². The summed E-state index contributed by atoms with van der Waals surface area (Å²) in [5.74, 6) is -1.88. The average molecular weight is 281 g/mol. The van der Waals surface area contributed by atoms with Gasteiger partial charge in [0, 0.05) is 6.04 Å². The van der Waals surface area contributed by atoms with Crippen molar-refractivity contribution in [1.29, 1.82) is 0 Å². The molecule has 1 fully saturated rings. The highest BCUT2D eigenvalue weighted by Crippen LogP contribution is 2.43. The third-order valence-electron chi connectivity index (χ3n) is 3.89. The summed E-state index contributed by atoms with van der Waals surface area (Å²) in [5, 5.41) is 14.6. The van der Waals surface area contributed by atoms with Crippen LogP contribution in [0.2, 0.25) is 0 Å². The molecule has 2 rings (SSSR count). The molecule has 4 atom stereocenters. The summed E-state index contributed by atoms with van der Waals surface area (Å²) in [4.78, 5) is 36.1. The highest BCUT2D eigenvalue weighted by atomic mass is 16.4. The van der Waals surface area contributed by atoms with Gasteiger partial charge < -0.3 is 20.6 Å². The van der Waals surface area contributed by atoms with Crippen LogP contribution in [-0.2, 0) is 14.4 Å². The van der Waals surface area contributed by atoms with E-state index in [1.54, 1.807) is 20.0 Å². The van der Waals surface area contributed by atoms with Crippen molar-refractivity contribution in [2.45, 2.75) is 25.9 Å². The number of nitrogens with zero attached hydrogens (tertiary/aromatic N) is 1. The SMILES string of the molecule is CNCC(=O)N[C@H](C)C1C(=O)N2C(C(=O)O)=CC(C)C12. The van der Waals surface area contributed by atoms with Gasteiger partial charge in [-0.15, -0.1) is 0 Å². The normalized spacial score (nSPS) is 29.4. The lowest BCUT2D eigenvalue weighted by atomic mass is 9.78. The minimum Gasteiger partial charge on any atom is -0.477 e. The number of carbonyl (C=O) groups excluding carboxylic acids is 2. The number of carboxylic acid groups (broad SMARTS) is 1. The first-order chi connectivity index (χ1) is 9.38. The first-order valence-corrected chi connectivity index (χ1v) is 6.60. The molecule has 1 saturated heterocycles. The van der Waals surface area contributed by atoms with Crippen LogP contribution in [0.15, 0.2) is 11.8 Å². The van der Waals surface area contributed by atoms with Crippen LogP contribution in [0.1, 0.15) is 13.8 Å². The van der Waals surface area contributed by atoms with Gasteiger partial charge in [-0.05, 0) is 26.0 Å². The van der Waals surface area contributed by atoms with Crippen molar-refractivity contribution in [2.24, 2.45) is 11.8 Å². The van der Waals surface area contributed by atoms with Gasteiger partial charge in [-0.25, -0.2) is 4.79 Å². The molecule has 110 valence electrons. The smallest absolute Gasteiger partial charge is 0.352 e. The van der Waals surface area contributed by atoms with Gasteiger partial charge in [0.25, 0.3) is 0 Å². The molecule has 0 saturated carbocycles. The molecule has 3 N–H and O–H groups in total. The van der Waals surface area contributed by atoms with Gasteiger partial charge in [0.05, 0.1) is 18.5 Å². The number of nitrogens with one attached hydrogen (secondary N) is 2. The molecule has 0 radical (unpaired) electrons. The fraction of sp³-hybridized carbons (Fsp3) is 0.615. The van der Waals surface area contributed by atoms with E-state index < -0.39 is 5.97 Å². The lowest BCUT2D eigenvalue weighted by Crippen LogP contribution is -2.66. The first-order valence-electron chi connectivity index (χ1n) is 6.60. The number of β-lactam (4-membered cyclic amide) rings is 1. The van der Waals surface area contributed by atoms with E-state index in [-0.39, 0.29) is 48.0 Å². The van der Waals surface area contributed by atoms with Gasteiger partial charge in [0.2, 0.25) is 11.8 Å². The summed E-state index contributed by atoms with van der Waals surface area (Å²) < 4.78 is 0. The second-order valence-electron chi connectivity index (χ2n) is 5.33. The highest BCUT2D eigenvalue weighted by molar-refractivity contribution is 5.99. The van der Waals surface area contributed by atoms with E-state index in [1.807, 2.05) is 6.92 Å². The Morgan fingerprint density at radius 1 is 1.50 bits per heavy atom. The van der Waals surface area contributed by atoms with Gasteiger partial charge >= 0.3 is 5.97 Å². The summed E-state index contributed by atoms with van der Waals surface area (Å²) >= 11 is 0. The number of rotatable bonds is 5. The third-order valence-corrected chi connectivity index (χ3v) is 3.89. The minimum atomic E-state index is -1.09. The van der Waals surface area contributed by atoms with Crippen molar-refractivity contribution < 1.29 is 19.5 Å². The maximum atomic E-state index is 12.1. The predicted molar refractivity (Wildman–Crippen MR) is 70.5 cm³/mol. The Labute approximate surface area is 117 Å². The van der Waals surface area contributed by atoms with E-state index in [1.165, 1.54) is 4.90 Å². The lowest BCUT2D eigenvalue weighted by molar-refractivity contribution is -0.158. The average Bonchev–Trinajstić information content (AvgIpc) is 2.63. The number of amides is 2. The molecule has 0 spiro atoms. The van der Waals surface area contributed by atoms with Crippen LogP contribution in [0.3, 0.4) is 0 Å². The van der Waals surface area contributed by atoms with Crippen LogP contribution in [0.4, 0.5) is 0 Å². The molecule has 2 amide bonds. The summed E-state index contributed by atoms with van der Waals surface area (Å²) in [6, 6.07) is -0.480. The van der Waals surface area contributed by atoms with Gasteiger partial charge in [0.15, 0.2) is 0 Å². The summed E-state index contributed by atoms with van der Waals surface area (Å²) in [5.41, 5.74) is 0.0532. The topological polar surface area (TPSA) is 98.7 Å². The van der Waals surface area contributed by atoms with E-state index in [0.717, 1.165) is 0 Å². The monoisotopic (exact) mass is 281 g/mol. The van der Waals surface area contributed by atoms with E-state index in [9.17, 15) is 14.4 Å². The van der Waals surface area contributed by atoms with Crippen molar-refractivity contribution in [3.8, 4) is 0 Å². The zero-order valence-electron chi connectivity index (χ0n) is 11.7. The van der Waals surface area contributed by atoms with E-state index in [4.69, 9.17) is 5.11 Å². The predicted octanol–water partition coefficient (Wildman–Crippen LogP) is -0.844. The zero-order chi connectivity index (χ0) is 15.0. The molecule has 0 aliphatic carbocycles. The second-order valence-corrected chi connectivity index (χ2v) is 5.33. The number of carbonyl (C=O) groups is 3. The number of carboxylic acids is 1. The van der Waals surface area contributed by atoms with Crippen molar-refractivity contribution in [2.75, 3.05) is 13.6 Å². The summed E-state index contributed by atoms with van der Waals surface area (Å²) in [7, 11) is 1.67. The lowest BCUT2D eigenvalue weighted by Gasteiger charge is -2.47. The number of fused-ring (bicyclic) bond motifs is 1. The molecule has 3 unspecified atom stereocenters.